The summed E-state index contributed by atoms with van der Waals surface area (Å²) in [6.07, 6.45) is 3.95. The third kappa shape index (κ3) is 2.64. The lowest BCUT2D eigenvalue weighted by molar-refractivity contribution is -0.135. The maximum absolute atomic E-state index is 12.7. The Morgan fingerprint density at radius 2 is 1.96 bits per heavy atom. The van der Waals surface area contributed by atoms with Gasteiger partial charge in [0.15, 0.2) is 11.4 Å². The van der Waals surface area contributed by atoms with Crippen molar-refractivity contribution in [2.24, 2.45) is 11.3 Å². The molecule has 2 unspecified atom stereocenters. The van der Waals surface area contributed by atoms with Gasteiger partial charge >= 0.3 is 5.97 Å². The van der Waals surface area contributed by atoms with Crippen molar-refractivity contribution in [1.82, 2.24) is 0 Å². The zero-order chi connectivity index (χ0) is 18.6. The minimum Gasteiger partial charge on any atom is -0.487 e. The highest BCUT2D eigenvalue weighted by Crippen LogP contribution is 2.50. The molecule has 136 valence electrons. The Balaban J connectivity index is 2.03. The first-order valence-electron chi connectivity index (χ1n) is 8.55. The first-order valence-corrected chi connectivity index (χ1v) is 8.55. The van der Waals surface area contributed by atoms with Crippen molar-refractivity contribution in [3.05, 3.63) is 35.1 Å². The first-order chi connectivity index (χ1) is 11.6. The molecule has 0 aromatic rings. The molecule has 0 bridgehead atoms. The molecule has 3 aliphatic rings. The van der Waals surface area contributed by atoms with Crippen LogP contribution in [0.3, 0.4) is 0 Å². The van der Waals surface area contributed by atoms with Gasteiger partial charge in [0.2, 0.25) is 0 Å². The third-order valence-electron chi connectivity index (χ3n) is 6.18. The van der Waals surface area contributed by atoms with Gasteiger partial charge in [-0.15, -0.1) is 0 Å². The van der Waals surface area contributed by atoms with Crippen molar-refractivity contribution < 1.29 is 29.6 Å². The van der Waals surface area contributed by atoms with Gasteiger partial charge in [0, 0.05) is 17.4 Å². The van der Waals surface area contributed by atoms with Crippen molar-refractivity contribution in [3.8, 4) is 0 Å². The Morgan fingerprint density at radius 1 is 1.28 bits per heavy atom. The number of allylic oxidation sites excluding steroid dienone is 2. The lowest BCUT2D eigenvalue weighted by atomic mass is 9.60. The summed E-state index contributed by atoms with van der Waals surface area (Å²) in [6, 6.07) is 0. The summed E-state index contributed by atoms with van der Waals surface area (Å²) in [5, 5.41) is 29.9. The molecule has 1 fully saturated rings. The lowest BCUT2D eigenvalue weighted by Gasteiger charge is -2.47. The highest BCUT2D eigenvalue weighted by Gasteiger charge is 2.50. The summed E-state index contributed by atoms with van der Waals surface area (Å²) >= 11 is 0. The lowest BCUT2D eigenvalue weighted by Crippen LogP contribution is -2.50. The monoisotopic (exact) mass is 348 g/mol. The number of aliphatic hydroxyl groups is 2. The minimum absolute atomic E-state index is 0.0299. The highest BCUT2D eigenvalue weighted by molar-refractivity contribution is 6.07. The molecule has 3 rings (SSSR count). The molecule has 2 aliphatic carbocycles. The molecule has 0 aromatic heterocycles. The van der Waals surface area contributed by atoms with E-state index < -0.39 is 29.2 Å². The van der Waals surface area contributed by atoms with Gasteiger partial charge in [-0.25, -0.2) is 4.79 Å². The van der Waals surface area contributed by atoms with Gasteiger partial charge in [-0.1, -0.05) is 19.9 Å². The van der Waals surface area contributed by atoms with Crippen molar-refractivity contribution in [3.63, 3.8) is 0 Å². The number of carbonyl (C=O) groups excluding carboxylic acids is 1. The summed E-state index contributed by atoms with van der Waals surface area (Å²) in [6.45, 7) is 5.66. The number of ketones is 1. The molecule has 1 heterocycles. The van der Waals surface area contributed by atoms with E-state index in [9.17, 15) is 19.8 Å². The summed E-state index contributed by atoms with van der Waals surface area (Å²) in [5.74, 6) is -1.24. The quantitative estimate of drug-likeness (QED) is 0.702. The van der Waals surface area contributed by atoms with E-state index in [1.807, 2.05) is 6.92 Å². The van der Waals surface area contributed by atoms with Crippen LogP contribution in [0.15, 0.2) is 35.1 Å². The maximum atomic E-state index is 12.7. The average molecular weight is 348 g/mol. The zero-order valence-electron chi connectivity index (χ0n) is 14.7. The zero-order valence-corrected chi connectivity index (χ0v) is 14.7. The largest absolute Gasteiger partial charge is 0.487 e. The molecule has 0 amide bonds. The van der Waals surface area contributed by atoms with E-state index in [0.29, 0.717) is 17.6 Å². The maximum Gasteiger partial charge on any atom is 0.334 e. The molecular weight excluding hydrogens is 324 g/mol. The highest BCUT2D eigenvalue weighted by atomic mass is 16.5. The smallest absolute Gasteiger partial charge is 0.334 e. The predicted octanol–water partition coefficient (Wildman–Crippen LogP) is 1.73. The summed E-state index contributed by atoms with van der Waals surface area (Å²) in [5.41, 5.74) is -0.825. The van der Waals surface area contributed by atoms with Crippen LogP contribution in [0.1, 0.15) is 40.0 Å². The Morgan fingerprint density at radius 3 is 2.56 bits per heavy atom. The van der Waals surface area contributed by atoms with Gasteiger partial charge in [0.25, 0.3) is 0 Å². The third-order valence-corrected chi connectivity index (χ3v) is 6.18. The fourth-order valence-corrected chi connectivity index (χ4v) is 4.07. The fourth-order valence-electron chi connectivity index (χ4n) is 4.07. The molecule has 6 heteroatoms. The summed E-state index contributed by atoms with van der Waals surface area (Å²) < 4.78 is 5.57. The van der Waals surface area contributed by atoms with E-state index in [0.717, 1.165) is 12.7 Å². The second-order valence-corrected chi connectivity index (χ2v) is 7.69. The summed E-state index contributed by atoms with van der Waals surface area (Å²) in [7, 11) is 0. The van der Waals surface area contributed by atoms with Crippen LogP contribution in [0, 0.1) is 11.3 Å². The molecular formula is C19H24O6. The molecule has 6 nitrogen and oxygen atoms in total. The number of hydrogen-bond donors (Lipinski definition) is 3. The number of aliphatic carboxylic acids is 1. The number of fused-ring (bicyclic) bond motifs is 1. The number of aliphatic hydroxyl groups excluding tert-OH is 2. The molecule has 0 aromatic carbocycles. The van der Waals surface area contributed by atoms with Crippen LogP contribution in [0.25, 0.3) is 0 Å². The van der Waals surface area contributed by atoms with E-state index in [1.54, 1.807) is 13.0 Å². The van der Waals surface area contributed by atoms with Crippen LogP contribution >= 0.6 is 0 Å². The number of ether oxygens (including phenoxy) is 1. The SMILES string of the molecule is C[C@H]1CC[C@@H](O)C2=CC(=O)C(C3(C)OC=C(C(=O)O)CC3O)=C[C@@]21C. The number of hydrogen-bond acceptors (Lipinski definition) is 5. The number of carbonyl (C=O) groups is 2. The van der Waals surface area contributed by atoms with Crippen molar-refractivity contribution in [1.29, 1.82) is 0 Å². The second kappa shape index (κ2) is 5.81. The van der Waals surface area contributed by atoms with Crippen LogP contribution in [0.2, 0.25) is 0 Å². The average Bonchev–Trinajstić information content (AvgIpc) is 2.55. The van der Waals surface area contributed by atoms with E-state index >= 15 is 0 Å². The van der Waals surface area contributed by atoms with Gasteiger partial charge in [0.05, 0.1) is 17.9 Å². The molecule has 5 atom stereocenters. The van der Waals surface area contributed by atoms with E-state index in [2.05, 4.69) is 6.92 Å². The molecule has 1 saturated carbocycles. The van der Waals surface area contributed by atoms with Crippen molar-refractivity contribution >= 4 is 11.8 Å². The molecule has 0 radical (unpaired) electrons. The molecule has 3 N–H and O–H groups in total. The van der Waals surface area contributed by atoms with E-state index in [-0.39, 0.29) is 23.7 Å². The van der Waals surface area contributed by atoms with Crippen LogP contribution in [-0.4, -0.2) is 44.9 Å². The van der Waals surface area contributed by atoms with Crippen LogP contribution in [-0.2, 0) is 14.3 Å². The van der Waals surface area contributed by atoms with Crippen LogP contribution < -0.4 is 0 Å². The Bertz CT molecular complexity index is 717. The van der Waals surface area contributed by atoms with Gasteiger partial charge < -0.3 is 20.1 Å². The summed E-state index contributed by atoms with van der Waals surface area (Å²) in [4.78, 5) is 23.8. The molecule has 0 spiro atoms. The minimum atomic E-state index is -1.32. The number of carboxylic acids is 1. The predicted molar refractivity (Wildman–Crippen MR) is 89.5 cm³/mol. The normalized spacial score (nSPS) is 41.1. The number of rotatable bonds is 2. The van der Waals surface area contributed by atoms with Crippen LogP contribution in [0.4, 0.5) is 0 Å². The van der Waals surface area contributed by atoms with Gasteiger partial charge in [-0.2, -0.15) is 0 Å². The first kappa shape index (κ1) is 17.9. The van der Waals surface area contributed by atoms with Gasteiger partial charge in [-0.05, 0) is 37.3 Å². The molecule has 1 aliphatic heterocycles. The Labute approximate surface area is 146 Å². The molecule has 0 saturated heterocycles. The topological polar surface area (TPSA) is 104 Å². The van der Waals surface area contributed by atoms with Gasteiger partial charge in [-0.3, -0.25) is 4.79 Å². The Kier molecular flexibility index (Phi) is 4.16. The number of carboxylic acid groups (broad SMARTS) is 1. The molecule has 25 heavy (non-hydrogen) atoms. The van der Waals surface area contributed by atoms with E-state index in [4.69, 9.17) is 9.84 Å². The van der Waals surface area contributed by atoms with E-state index in [1.165, 1.54) is 6.08 Å². The fraction of sp³-hybridized carbons (Fsp3) is 0.579. The van der Waals surface area contributed by atoms with Crippen molar-refractivity contribution in [2.75, 3.05) is 0 Å². The van der Waals surface area contributed by atoms with Gasteiger partial charge in [0.1, 0.15) is 6.10 Å². The standard InChI is InChI=1S/C19H24O6/c1-10-4-5-14(20)12-7-15(21)13(8-18(10,12)2)19(3)16(22)6-11(9-25-19)17(23)24/h7-10,14,16,20,22H,4-6H2,1-3H3,(H,23,24)/t10-,14+,16?,18+,19?/m0/s1. The Hall–Kier alpha value is -1.92. The van der Waals surface area contributed by atoms with Crippen molar-refractivity contribution in [2.45, 2.75) is 57.8 Å². The second-order valence-electron chi connectivity index (χ2n) is 7.69. The van der Waals surface area contributed by atoms with Crippen LogP contribution in [0.5, 0.6) is 0 Å².